The first-order valence-electron chi connectivity index (χ1n) is 4.45. The summed E-state index contributed by atoms with van der Waals surface area (Å²) in [6, 6.07) is 5.03. The lowest BCUT2D eigenvalue weighted by Crippen LogP contribution is -2.05. The van der Waals surface area contributed by atoms with Gasteiger partial charge in [-0.1, -0.05) is 6.07 Å². The van der Waals surface area contributed by atoms with Crippen molar-refractivity contribution in [3.8, 4) is 0 Å². The van der Waals surface area contributed by atoms with E-state index in [1.165, 1.54) is 0 Å². The van der Waals surface area contributed by atoms with E-state index >= 15 is 0 Å². The van der Waals surface area contributed by atoms with E-state index in [2.05, 4.69) is 5.32 Å². The van der Waals surface area contributed by atoms with Crippen LogP contribution in [0.4, 0.5) is 5.69 Å². The van der Waals surface area contributed by atoms with Crippen LogP contribution in [0.1, 0.15) is 15.9 Å². The molecule has 0 aliphatic carbocycles. The number of hydrogen-bond donors (Lipinski definition) is 2. The van der Waals surface area contributed by atoms with Crippen LogP contribution in [0, 0.1) is 0 Å². The number of rotatable bonds is 1. The summed E-state index contributed by atoms with van der Waals surface area (Å²) in [6.45, 7) is 1.91. The average molecular weight is 193 g/mol. The van der Waals surface area contributed by atoms with Gasteiger partial charge in [0, 0.05) is 17.8 Å². The summed E-state index contributed by atoms with van der Waals surface area (Å²) < 4.78 is 5.31. The summed E-state index contributed by atoms with van der Waals surface area (Å²) in [5, 5.41) is 11.9. The van der Waals surface area contributed by atoms with Gasteiger partial charge in [0.15, 0.2) is 0 Å². The number of carbonyl (C=O) groups is 1. The van der Waals surface area contributed by atoms with E-state index in [9.17, 15) is 4.79 Å². The van der Waals surface area contributed by atoms with Gasteiger partial charge in [-0.25, -0.2) is 4.79 Å². The lowest BCUT2D eigenvalue weighted by atomic mass is 10.1. The number of ether oxygens (including phenoxy) is 1. The normalized spacial score (nSPS) is 15.1. The second-order valence-corrected chi connectivity index (χ2v) is 3.16. The molecular weight excluding hydrogens is 182 g/mol. The van der Waals surface area contributed by atoms with Gasteiger partial charge in [0.25, 0.3) is 0 Å². The Morgan fingerprint density at radius 3 is 3.14 bits per heavy atom. The molecule has 1 aromatic rings. The van der Waals surface area contributed by atoms with Gasteiger partial charge in [0.05, 0.1) is 18.8 Å². The zero-order valence-electron chi connectivity index (χ0n) is 7.62. The SMILES string of the molecule is O=C(O)c1ccc2c(c1)NCCOC2. The second kappa shape index (κ2) is 3.67. The Morgan fingerprint density at radius 1 is 1.50 bits per heavy atom. The zero-order chi connectivity index (χ0) is 9.97. The number of carboxylic acid groups (broad SMARTS) is 1. The van der Waals surface area contributed by atoms with Crippen LogP contribution in [-0.4, -0.2) is 24.2 Å². The molecule has 0 atom stereocenters. The number of fused-ring (bicyclic) bond motifs is 1. The Bertz CT molecular complexity index is 362. The average Bonchev–Trinajstić information content (AvgIpc) is 2.41. The monoisotopic (exact) mass is 193 g/mol. The Kier molecular flexibility index (Phi) is 2.37. The molecular formula is C10H11NO3. The van der Waals surface area contributed by atoms with Crippen molar-refractivity contribution in [2.75, 3.05) is 18.5 Å². The molecule has 2 N–H and O–H groups in total. The maximum atomic E-state index is 10.7. The van der Waals surface area contributed by atoms with Crippen LogP contribution in [0.25, 0.3) is 0 Å². The number of nitrogens with one attached hydrogen (secondary N) is 1. The van der Waals surface area contributed by atoms with Crippen LogP contribution in [0.15, 0.2) is 18.2 Å². The molecule has 0 radical (unpaired) electrons. The minimum Gasteiger partial charge on any atom is -0.478 e. The van der Waals surface area contributed by atoms with Crippen LogP contribution in [0.3, 0.4) is 0 Å². The summed E-state index contributed by atoms with van der Waals surface area (Å²) in [5.74, 6) is -0.903. The molecule has 74 valence electrons. The van der Waals surface area contributed by atoms with Crippen molar-refractivity contribution in [1.29, 1.82) is 0 Å². The lowest BCUT2D eigenvalue weighted by Gasteiger charge is -2.06. The molecule has 0 bridgehead atoms. The Hall–Kier alpha value is -1.55. The van der Waals surface area contributed by atoms with E-state index < -0.39 is 5.97 Å². The largest absolute Gasteiger partial charge is 0.478 e. The molecule has 1 aromatic carbocycles. The highest BCUT2D eigenvalue weighted by Gasteiger charge is 2.10. The fourth-order valence-electron chi connectivity index (χ4n) is 1.44. The Labute approximate surface area is 81.5 Å². The van der Waals surface area contributed by atoms with Gasteiger partial charge in [-0.15, -0.1) is 0 Å². The highest BCUT2D eigenvalue weighted by atomic mass is 16.5. The maximum Gasteiger partial charge on any atom is 0.335 e. The molecule has 0 saturated carbocycles. The molecule has 4 nitrogen and oxygen atoms in total. The summed E-state index contributed by atoms with van der Waals surface area (Å²) in [7, 11) is 0. The van der Waals surface area contributed by atoms with Crippen molar-refractivity contribution in [3.63, 3.8) is 0 Å². The predicted molar refractivity (Wildman–Crippen MR) is 51.5 cm³/mol. The van der Waals surface area contributed by atoms with Gasteiger partial charge in [-0.3, -0.25) is 0 Å². The number of benzene rings is 1. The standard InChI is InChI=1S/C10H11NO3/c12-10(13)7-1-2-8-6-14-4-3-11-9(8)5-7/h1-2,5,11H,3-4,6H2,(H,12,13). The van der Waals surface area contributed by atoms with Crippen LogP contribution in [-0.2, 0) is 11.3 Å². The molecule has 0 aromatic heterocycles. The van der Waals surface area contributed by atoms with E-state index in [1.54, 1.807) is 18.2 Å². The van der Waals surface area contributed by atoms with Crippen molar-refractivity contribution in [1.82, 2.24) is 0 Å². The van der Waals surface area contributed by atoms with Crippen LogP contribution >= 0.6 is 0 Å². The Morgan fingerprint density at radius 2 is 2.36 bits per heavy atom. The zero-order valence-corrected chi connectivity index (χ0v) is 7.62. The minimum atomic E-state index is -0.903. The summed E-state index contributed by atoms with van der Waals surface area (Å²) in [4.78, 5) is 10.7. The third-order valence-corrected chi connectivity index (χ3v) is 2.18. The number of carboxylic acids is 1. The molecule has 0 saturated heterocycles. The van der Waals surface area contributed by atoms with E-state index in [-0.39, 0.29) is 0 Å². The van der Waals surface area contributed by atoms with Gasteiger partial charge in [0.2, 0.25) is 0 Å². The third kappa shape index (κ3) is 1.70. The number of aromatic carboxylic acids is 1. The number of hydrogen-bond acceptors (Lipinski definition) is 3. The maximum absolute atomic E-state index is 10.7. The molecule has 2 rings (SSSR count). The number of anilines is 1. The molecule has 1 aliphatic heterocycles. The van der Waals surface area contributed by atoms with Gasteiger partial charge >= 0.3 is 5.97 Å². The van der Waals surface area contributed by atoms with Crippen LogP contribution in [0.5, 0.6) is 0 Å². The highest BCUT2D eigenvalue weighted by molar-refractivity contribution is 5.89. The molecule has 0 amide bonds. The molecule has 14 heavy (non-hydrogen) atoms. The first-order valence-corrected chi connectivity index (χ1v) is 4.45. The molecule has 0 unspecified atom stereocenters. The van der Waals surface area contributed by atoms with Crippen molar-refractivity contribution in [2.45, 2.75) is 6.61 Å². The molecule has 1 heterocycles. The Balaban J connectivity index is 2.37. The van der Waals surface area contributed by atoms with Crippen molar-refractivity contribution < 1.29 is 14.6 Å². The highest BCUT2D eigenvalue weighted by Crippen LogP contribution is 2.20. The molecule has 4 heteroatoms. The van der Waals surface area contributed by atoms with Crippen molar-refractivity contribution in [3.05, 3.63) is 29.3 Å². The van der Waals surface area contributed by atoms with Crippen molar-refractivity contribution in [2.24, 2.45) is 0 Å². The van der Waals surface area contributed by atoms with E-state index in [0.29, 0.717) is 18.8 Å². The van der Waals surface area contributed by atoms with E-state index in [1.807, 2.05) is 0 Å². The van der Waals surface area contributed by atoms with Gasteiger partial charge in [-0.2, -0.15) is 0 Å². The van der Waals surface area contributed by atoms with E-state index in [0.717, 1.165) is 17.8 Å². The van der Waals surface area contributed by atoms with Crippen molar-refractivity contribution >= 4 is 11.7 Å². The molecule has 0 fully saturated rings. The topological polar surface area (TPSA) is 58.6 Å². The second-order valence-electron chi connectivity index (χ2n) is 3.16. The molecule has 0 spiro atoms. The van der Waals surface area contributed by atoms with Crippen LogP contribution < -0.4 is 5.32 Å². The molecule has 1 aliphatic rings. The fourth-order valence-corrected chi connectivity index (χ4v) is 1.44. The summed E-state index contributed by atoms with van der Waals surface area (Å²) in [6.07, 6.45) is 0. The predicted octanol–water partition coefficient (Wildman–Crippen LogP) is 1.33. The van der Waals surface area contributed by atoms with Crippen LogP contribution in [0.2, 0.25) is 0 Å². The lowest BCUT2D eigenvalue weighted by molar-refractivity contribution is 0.0697. The van der Waals surface area contributed by atoms with E-state index in [4.69, 9.17) is 9.84 Å². The fraction of sp³-hybridized carbons (Fsp3) is 0.300. The smallest absolute Gasteiger partial charge is 0.335 e. The third-order valence-electron chi connectivity index (χ3n) is 2.18. The van der Waals surface area contributed by atoms with Gasteiger partial charge in [0.1, 0.15) is 0 Å². The minimum absolute atomic E-state index is 0.304. The first-order chi connectivity index (χ1) is 6.77. The van der Waals surface area contributed by atoms with Gasteiger partial charge < -0.3 is 15.2 Å². The summed E-state index contributed by atoms with van der Waals surface area (Å²) in [5.41, 5.74) is 2.17. The quantitative estimate of drug-likeness (QED) is 0.706. The van der Waals surface area contributed by atoms with Gasteiger partial charge in [-0.05, 0) is 12.1 Å². The summed E-state index contributed by atoms with van der Waals surface area (Å²) >= 11 is 0. The first kappa shape index (κ1) is 9.02.